The van der Waals surface area contributed by atoms with Crippen LogP contribution >= 0.6 is 0 Å². The number of aliphatic hydroxyl groups excluding tert-OH is 1. The van der Waals surface area contributed by atoms with Gasteiger partial charge in [-0.05, 0) is 49.9 Å². The molecule has 0 unspecified atom stereocenters. The summed E-state index contributed by atoms with van der Waals surface area (Å²) in [5.41, 5.74) is 1.16. The van der Waals surface area contributed by atoms with Gasteiger partial charge < -0.3 is 5.11 Å². The summed E-state index contributed by atoms with van der Waals surface area (Å²) >= 11 is 0. The van der Waals surface area contributed by atoms with E-state index in [0.717, 1.165) is 50.4 Å². The Kier molecular flexibility index (Phi) is 4.55. The molecule has 2 heterocycles. The second-order valence-electron chi connectivity index (χ2n) is 6.23. The van der Waals surface area contributed by atoms with Gasteiger partial charge >= 0.3 is 0 Å². The summed E-state index contributed by atoms with van der Waals surface area (Å²) in [6.07, 6.45) is 4.94. The van der Waals surface area contributed by atoms with E-state index in [0.29, 0.717) is 6.61 Å². The molecule has 1 fully saturated rings. The van der Waals surface area contributed by atoms with Crippen molar-refractivity contribution in [3.63, 3.8) is 0 Å². The maximum atomic E-state index is 9.60. The van der Waals surface area contributed by atoms with Crippen molar-refractivity contribution >= 4 is 0 Å². The van der Waals surface area contributed by atoms with Gasteiger partial charge in [-0.2, -0.15) is 0 Å². The minimum atomic E-state index is 0.132. The third kappa shape index (κ3) is 3.20. The molecule has 3 rings (SSSR count). The maximum Gasteiger partial charge on any atom is 0.164 e. The van der Waals surface area contributed by atoms with Crippen LogP contribution in [-0.2, 0) is 6.54 Å². The standard InChI is InChI=1S/C17H24N4O/c1-2-17(13-22)8-10-20(11-9-17)12-16-18-14-21(19-16)15-6-4-3-5-7-15/h3-7,14,22H,2,8-13H2,1H3. The number of hydrogen-bond acceptors (Lipinski definition) is 4. The molecule has 0 radical (unpaired) electrons. The molecule has 5 nitrogen and oxygen atoms in total. The second kappa shape index (κ2) is 6.58. The molecule has 0 spiro atoms. The van der Waals surface area contributed by atoms with Gasteiger partial charge in [0.15, 0.2) is 5.82 Å². The largest absolute Gasteiger partial charge is 0.396 e. The van der Waals surface area contributed by atoms with Gasteiger partial charge in [-0.1, -0.05) is 25.1 Å². The van der Waals surface area contributed by atoms with E-state index in [1.807, 2.05) is 35.0 Å². The first kappa shape index (κ1) is 15.2. The molecule has 0 aliphatic carbocycles. The molecule has 1 aliphatic heterocycles. The summed E-state index contributed by atoms with van der Waals surface area (Å²) in [6.45, 7) is 5.28. The Morgan fingerprint density at radius 3 is 2.55 bits per heavy atom. The van der Waals surface area contributed by atoms with Crippen LogP contribution < -0.4 is 0 Å². The van der Waals surface area contributed by atoms with Crippen LogP contribution in [0.4, 0.5) is 0 Å². The molecule has 1 aliphatic rings. The van der Waals surface area contributed by atoms with Gasteiger partial charge in [-0.15, -0.1) is 5.10 Å². The zero-order valence-electron chi connectivity index (χ0n) is 13.1. The molecule has 1 aromatic heterocycles. The quantitative estimate of drug-likeness (QED) is 0.920. The highest BCUT2D eigenvalue weighted by Crippen LogP contribution is 2.34. The van der Waals surface area contributed by atoms with E-state index < -0.39 is 0 Å². The lowest BCUT2D eigenvalue weighted by atomic mass is 9.77. The van der Waals surface area contributed by atoms with Gasteiger partial charge in [0.25, 0.3) is 0 Å². The lowest BCUT2D eigenvalue weighted by Crippen LogP contribution is -2.41. The summed E-state index contributed by atoms with van der Waals surface area (Å²) in [5, 5.41) is 14.2. The van der Waals surface area contributed by atoms with Gasteiger partial charge in [-0.25, -0.2) is 9.67 Å². The van der Waals surface area contributed by atoms with Crippen LogP contribution in [0.1, 0.15) is 32.0 Å². The zero-order valence-corrected chi connectivity index (χ0v) is 13.1. The summed E-state index contributed by atoms with van der Waals surface area (Å²) in [6, 6.07) is 10.0. The smallest absolute Gasteiger partial charge is 0.164 e. The van der Waals surface area contributed by atoms with E-state index in [-0.39, 0.29) is 5.41 Å². The highest BCUT2D eigenvalue weighted by molar-refractivity contribution is 5.29. The predicted molar refractivity (Wildman–Crippen MR) is 85.7 cm³/mol. The first-order chi connectivity index (χ1) is 10.7. The van der Waals surface area contributed by atoms with Crippen molar-refractivity contribution in [1.29, 1.82) is 0 Å². The van der Waals surface area contributed by atoms with E-state index in [9.17, 15) is 5.11 Å². The zero-order chi connectivity index (χ0) is 15.4. The first-order valence-electron chi connectivity index (χ1n) is 8.04. The molecule has 1 N–H and O–H groups in total. The van der Waals surface area contributed by atoms with E-state index >= 15 is 0 Å². The van der Waals surface area contributed by atoms with E-state index in [1.54, 1.807) is 6.33 Å². The van der Waals surface area contributed by atoms with Crippen LogP contribution in [0.5, 0.6) is 0 Å². The molecule has 2 aromatic rings. The Labute approximate surface area is 131 Å². The maximum absolute atomic E-state index is 9.60. The minimum Gasteiger partial charge on any atom is -0.396 e. The van der Waals surface area contributed by atoms with Crippen LogP contribution in [0.25, 0.3) is 5.69 Å². The number of likely N-dealkylation sites (tertiary alicyclic amines) is 1. The fourth-order valence-corrected chi connectivity index (χ4v) is 3.08. The number of benzene rings is 1. The summed E-state index contributed by atoms with van der Waals surface area (Å²) < 4.78 is 1.82. The van der Waals surface area contributed by atoms with Crippen LogP contribution in [0.2, 0.25) is 0 Å². The topological polar surface area (TPSA) is 54.2 Å². The molecule has 0 atom stereocenters. The van der Waals surface area contributed by atoms with Crippen molar-refractivity contribution in [1.82, 2.24) is 19.7 Å². The molecule has 5 heteroatoms. The molecule has 22 heavy (non-hydrogen) atoms. The number of hydrogen-bond donors (Lipinski definition) is 1. The third-order valence-electron chi connectivity index (χ3n) is 4.93. The molecular weight excluding hydrogens is 276 g/mol. The molecule has 0 bridgehead atoms. The van der Waals surface area contributed by atoms with Gasteiger partial charge in [0, 0.05) is 6.61 Å². The monoisotopic (exact) mass is 300 g/mol. The Morgan fingerprint density at radius 2 is 1.91 bits per heavy atom. The van der Waals surface area contributed by atoms with Crippen LogP contribution in [0, 0.1) is 5.41 Å². The van der Waals surface area contributed by atoms with E-state index in [1.165, 1.54) is 0 Å². The van der Waals surface area contributed by atoms with Crippen molar-refractivity contribution < 1.29 is 5.11 Å². The van der Waals surface area contributed by atoms with E-state index in [2.05, 4.69) is 21.9 Å². The molecule has 0 saturated carbocycles. The average Bonchev–Trinajstić information content (AvgIpc) is 3.05. The Hall–Kier alpha value is -1.72. The molecule has 118 valence electrons. The van der Waals surface area contributed by atoms with Crippen molar-refractivity contribution in [2.24, 2.45) is 5.41 Å². The lowest BCUT2D eigenvalue weighted by Gasteiger charge is -2.39. The molecule has 0 amide bonds. The number of para-hydroxylation sites is 1. The third-order valence-corrected chi connectivity index (χ3v) is 4.93. The fourth-order valence-electron chi connectivity index (χ4n) is 3.08. The number of aliphatic hydroxyl groups is 1. The van der Waals surface area contributed by atoms with Crippen molar-refractivity contribution in [3.05, 3.63) is 42.5 Å². The van der Waals surface area contributed by atoms with Gasteiger partial charge in [0.1, 0.15) is 6.33 Å². The molecule has 1 aromatic carbocycles. The number of piperidine rings is 1. The Bertz CT molecular complexity index is 582. The number of aromatic nitrogens is 3. The fraction of sp³-hybridized carbons (Fsp3) is 0.529. The van der Waals surface area contributed by atoms with Crippen LogP contribution in [0.15, 0.2) is 36.7 Å². The summed E-state index contributed by atoms with van der Waals surface area (Å²) in [4.78, 5) is 6.81. The highest BCUT2D eigenvalue weighted by Gasteiger charge is 2.32. The van der Waals surface area contributed by atoms with Crippen molar-refractivity contribution in [2.75, 3.05) is 19.7 Å². The van der Waals surface area contributed by atoms with Gasteiger partial charge in [0.05, 0.1) is 12.2 Å². The number of nitrogens with zero attached hydrogens (tertiary/aromatic N) is 4. The summed E-state index contributed by atoms with van der Waals surface area (Å²) in [5.74, 6) is 0.858. The lowest BCUT2D eigenvalue weighted by molar-refractivity contribution is 0.0374. The van der Waals surface area contributed by atoms with Crippen LogP contribution in [0.3, 0.4) is 0 Å². The minimum absolute atomic E-state index is 0.132. The van der Waals surface area contributed by atoms with Gasteiger partial charge in [-0.3, -0.25) is 4.90 Å². The van der Waals surface area contributed by atoms with Crippen molar-refractivity contribution in [2.45, 2.75) is 32.7 Å². The summed E-state index contributed by atoms with van der Waals surface area (Å²) in [7, 11) is 0. The Balaban J connectivity index is 1.60. The molecule has 1 saturated heterocycles. The predicted octanol–water partition coefficient (Wildman–Crippen LogP) is 2.25. The second-order valence-corrected chi connectivity index (χ2v) is 6.23. The SMILES string of the molecule is CCC1(CO)CCN(Cc2ncn(-c3ccccc3)n2)CC1. The Morgan fingerprint density at radius 1 is 1.18 bits per heavy atom. The molecular formula is C17H24N4O. The van der Waals surface area contributed by atoms with Gasteiger partial charge in [0.2, 0.25) is 0 Å². The average molecular weight is 300 g/mol. The van der Waals surface area contributed by atoms with Crippen molar-refractivity contribution in [3.8, 4) is 5.69 Å². The highest BCUT2D eigenvalue weighted by atomic mass is 16.3. The van der Waals surface area contributed by atoms with E-state index in [4.69, 9.17) is 0 Å². The van der Waals surface area contributed by atoms with Crippen LogP contribution in [-0.4, -0.2) is 44.5 Å². The normalized spacial score (nSPS) is 18.5. The number of rotatable bonds is 5. The first-order valence-corrected chi connectivity index (χ1v) is 8.04.